The summed E-state index contributed by atoms with van der Waals surface area (Å²) in [7, 11) is 0. The number of esters is 1. The zero-order valence-corrected chi connectivity index (χ0v) is 60.5. The Hall–Kier alpha value is -2.12. The minimum absolute atomic E-state index is 0.0127. The lowest BCUT2D eigenvalue weighted by molar-refractivity contribution is -0.302. The Morgan fingerprint density at radius 1 is 0.402 bits per heavy atom. The first kappa shape index (κ1) is 87.9. The van der Waals surface area contributed by atoms with E-state index < -0.39 is 49.5 Å². The van der Waals surface area contributed by atoms with Crippen molar-refractivity contribution in [2.24, 2.45) is 0 Å². The Labute approximate surface area is 568 Å². The van der Waals surface area contributed by atoms with Crippen molar-refractivity contribution in [1.29, 1.82) is 0 Å². The van der Waals surface area contributed by atoms with Gasteiger partial charge in [-0.3, -0.25) is 9.59 Å². The molecule has 1 fully saturated rings. The van der Waals surface area contributed by atoms with E-state index in [9.17, 15) is 35.1 Å². The minimum Gasteiger partial charge on any atom is -0.466 e. The third kappa shape index (κ3) is 58.1. The lowest BCUT2D eigenvalue weighted by Crippen LogP contribution is -2.60. The van der Waals surface area contributed by atoms with Gasteiger partial charge in [-0.25, -0.2) is 0 Å². The lowest BCUT2D eigenvalue weighted by atomic mass is 9.99. The first-order valence-electron chi connectivity index (χ1n) is 40.3. The van der Waals surface area contributed by atoms with Gasteiger partial charge in [-0.05, 0) is 64.2 Å². The number of aliphatic hydroxyl groups is 5. The second-order valence-electron chi connectivity index (χ2n) is 28.1. The van der Waals surface area contributed by atoms with Crippen LogP contribution >= 0.6 is 0 Å². The molecule has 0 aromatic rings. The van der Waals surface area contributed by atoms with Crippen LogP contribution in [0.3, 0.4) is 0 Å². The van der Waals surface area contributed by atoms with Crippen LogP contribution in [-0.4, -0.2) is 100 Å². The second kappa shape index (κ2) is 70.2. The average molecular weight is 1300 g/mol. The van der Waals surface area contributed by atoms with Gasteiger partial charge in [0.05, 0.1) is 32.0 Å². The normalized spacial score (nSPS) is 17.7. The van der Waals surface area contributed by atoms with Gasteiger partial charge in [0.1, 0.15) is 24.4 Å². The molecule has 1 saturated heterocycles. The van der Waals surface area contributed by atoms with E-state index in [4.69, 9.17) is 14.2 Å². The van der Waals surface area contributed by atoms with Crippen LogP contribution in [0.5, 0.6) is 0 Å². The smallest absolute Gasteiger partial charge is 0.305 e. The van der Waals surface area contributed by atoms with Crippen molar-refractivity contribution in [3.05, 3.63) is 36.5 Å². The number of nitrogens with one attached hydrogen (secondary N) is 1. The van der Waals surface area contributed by atoms with Gasteiger partial charge in [-0.1, -0.05) is 365 Å². The molecule has 7 atom stereocenters. The molecule has 0 aromatic carbocycles. The summed E-state index contributed by atoms with van der Waals surface area (Å²) in [5, 5.41) is 54.4. The highest BCUT2D eigenvalue weighted by molar-refractivity contribution is 5.76. The fourth-order valence-corrected chi connectivity index (χ4v) is 12.9. The molecule has 11 nitrogen and oxygen atoms in total. The minimum atomic E-state index is -1.57. The van der Waals surface area contributed by atoms with Crippen LogP contribution in [0.2, 0.25) is 0 Å². The summed E-state index contributed by atoms with van der Waals surface area (Å²) in [4.78, 5) is 25.2. The van der Waals surface area contributed by atoms with Crippen LogP contribution in [0.25, 0.3) is 0 Å². The van der Waals surface area contributed by atoms with Crippen LogP contribution < -0.4 is 5.32 Å². The van der Waals surface area contributed by atoms with Crippen LogP contribution in [0.15, 0.2) is 36.5 Å². The Morgan fingerprint density at radius 3 is 1.12 bits per heavy atom. The van der Waals surface area contributed by atoms with E-state index in [1.54, 1.807) is 6.08 Å². The molecule has 0 saturated carbocycles. The fraction of sp³-hybridized carbons (Fsp3) is 0.901. The third-order valence-electron chi connectivity index (χ3n) is 19.2. The van der Waals surface area contributed by atoms with E-state index in [0.29, 0.717) is 19.4 Å². The number of amides is 1. The summed E-state index contributed by atoms with van der Waals surface area (Å²) in [5.74, 6) is -0.163. The second-order valence-corrected chi connectivity index (χ2v) is 28.1. The van der Waals surface area contributed by atoms with Crippen LogP contribution in [0.1, 0.15) is 406 Å². The summed E-state index contributed by atoms with van der Waals surface area (Å²) in [6.07, 6.45) is 81.9. The summed E-state index contributed by atoms with van der Waals surface area (Å²) in [6.45, 7) is 4.35. The summed E-state index contributed by atoms with van der Waals surface area (Å²) in [6, 6.07) is -0.805. The molecule has 1 aliphatic heterocycles. The first-order chi connectivity index (χ1) is 45.2. The summed E-state index contributed by atoms with van der Waals surface area (Å²) < 4.78 is 16.8. The standard InChI is InChI=1S/C81H153NO10/c1-3-5-7-9-11-13-15-16-17-18-36-40-43-46-49-53-57-61-65-69-77(86)90-70-66-62-58-54-50-47-44-41-38-35-33-31-29-27-25-23-21-19-20-22-24-26-28-30-32-34-37-39-42-45-48-52-56-60-64-68-76(85)82-73(72-91-81-80(89)79(88)78(87)75(71-83)92-81)74(84)67-63-59-55-51-14-12-10-8-6-4-2/h11,13,16-17,63,67,73-75,78-81,83-84,87-89H,3-10,12,14-15,18-62,64-66,68-72H2,1-2H3,(H,82,85)/b13-11-,17-16-,67-63+. The highest BCUT2D eigenvalue weighted by atomic mass is 16.7. The molecule has 0 aromatic heterocycles. The van der Waals surface area contributed by atoms with Crippen molar-refractivity contribution in [1.82, 2.24) is 5.32 Å². The number of ether oxygens (including phenoxy) is 3. The molecule has 0 aliphatic carbocycles. The largest absolute Gasteiger partial charge is 0.466 e. The molecule has 1 amide bonds. The average Bonchev–Trinajstić information content (AvgIpc) is 1.42. The van der Waals surface area contributed by atoms with Crippen LogP contribution in [0.4, 0.5) is 0 Å². The summed E-state index contributed by atoms with van der Waals surface area (Å²) in [5.41, 5.74) is 0. The number of aliphatic hydroxyl groups excluding tert-OH is 5. The third-order valence-corrected chi connectivity index (χ3v) is 19.2. The van der Waals surface area contributed by atoms with E-state index in [0.717, 1.165) is 64.2 Å². The van der Waals surface area contributed by atoms with E-state index in [2.05, 4.69) is 43.5 Å². The van der Waals surface area contributed by atoms with Gasteiger partial charge in [-0.15, -0.1) is 0 Å². The number of unbranched alkanes of at least 4 members (excludes halogenated alkanes) is 54. The van der Waals surface area contributed by atoms with Gasteiger partial charge in [0.2, 0.25) is 5.91 Å². The fourth-order valence-electron chi connectivity index (χ4n) is 12.9. The zero-order chi connectivity index (χ0) is 66.5. The molecule has 1 aliphatic rings. The molecule has 0 bridgehead atoms. The van der Waals surface area contributed by atoms with E-state index in [1.165, 1.54) is 315 Å². The number of carbonyl (C=O) groups excluding carboxylic acids is 2. The SMILES string of the molecule is CCCCC/C=C\C/C=C\CCCCCCCCCCCC(=O)OCCCCCCCCCCCCCCCCCCCCCCCCCCCCCCCCCCCCCC(=O)NC(COC1OC(CO)C(O)C(O)C1O)C(O)/C=C/CCCCCCCCCC. The van der Waals surface area contributed by atoms with Gasteiger partial charge in [0, 0.05) is 12.8 Å². The van der Waals surface area contributed by atoms with E-state index >= 15 is 0 Å². The van der Waals surface area contributed by atoms with Gasteiger partial charge in [0.25, 0.3) is 0 Å². The predicted octanol–water partition coefficient (Wildman–Crippen LogP) is 21.7. The van der Waals surface area contributed by atoms with Gasteiger partial charge in [-0.2, -0.15) is 0 Å². The van der Waals surface area contributed by atoms with E-state index in [-0.39, 0.29) is 18.5 Å². The maximum Gasteiger partial charge on any atom is 0.305 e. The summed E-state index contributed by atoms with van der Waals surface area (Å²) >= 11 is 0. The molecule has 92 heavy (non-hydrogen) atoms. The molecule has 7 unspecified atom stereocenters. The Balaban J connectivity index is 1.84. The zero-order valence-electron chi connectivity index (χ0n) is 60.5. The lowest BCUT2D eigenvalue weighted by Gasteiger charge is -2.40. The first-order valence-corrected chi connectivity index (χ1v) is 40.3. The van der Waals surface area contributed by atoms with Crippen molar-refractivity contribution >= 4 is 11.9 Å². The molecule has 542 valence electrons. The van der Waals surface area contributed by atoms with Crippen LogP contribution in [-0.2, 0) is 23.8 Å². The number of carbonyl (C=O) groups is 2. The molecule has 11 heteroatoms. The topological polar surface area (TPSA) is 175 Å². The number of rotatable bonds is 72. The van der Waals surface area contributed by atoms with Crippen LogP contribution in [0, 0.1) is 0 Å². The Kier molecular flexibility index (Phi) is 67.1. The monoisotopic (exact) mass is 1300 g/mol. The molecule has 1 heterocycles. The Bertz CT molecular complexity index is 1620. The van der Waals surface area contributed by atoms with Gasteiger partial charge in [0.15, 0.2) is 6.29 Å². The Morgan fingerprint density at radius 2 is 0.728 bits per heavy atom. The highest BCUT2D eigenvalue weighted by Crippen LogP contribution is 2.24. The molecular formula is C81H153NO10. The number of allylic oxidation sites excluding steroid dienone is 5. The number of hydrogen-bond donors (Lipinski definition) is 6. The molecule has 1 rings (SSSR count). The van der Waals surface area contributed by atoms with Crippen molar-refractivity contribution in [3.63, 3.8) is 0 Å². The van der Waals surface area contributed by atoms with Crippen molar-refractivity contribution in [3.8, 4) is 0 Å². The molecule has 6 N–H and O–H groups in total. The van der Waals surface area contributed by atoms with Gasteiger partial charge < -0.3 is 45.1 Å². The predicted molar refractivity (Wildman–Crippen MR) is 389 cm³/mol. The maximum atomic E-state index is 13.0. The van der Waals surface area contributed by atoms with Crippen molar-refractivity contribution in [2.45, 2.75) is 448 Å². The molecular weight excluding hydrogens is 1150 g/mol. The molecule has 0 radical (unpaired) electrons. The maximum absolute atomic E-state index is 13.0. The highest BCUT2D eigenvalue weighted by Gasteiger charge is 2.44. The quantitative estimate of drug-likeness (QED) is 0.0195. The number of hydrogen-bond acceptors (Lipinski definition) is 10. The van der Waals surface area contributed by atoms with E-state index in [1.807, 2.05) is 6.08 Å². The van der Waals surface area contributed by atoms with Crippen molar-refractivity contribution in [2.75, 3.05) is 19.8 Å². The molecule has 0 spiro atoms. The van der Waals surface area contributed by atoms with Crippen molar-refractivity contribution < 1.29 is 49.3 Å². The van der Waals surface area contributed by atoms with Gasteiger partial charge >= 0.3 is 5.97 Å².